The average Bonchev–Trinajstić information content (AvgIpc) is 2.66. The molecule has 0 aliphatic rings. The Kier molecular flexibility index (Phi) is 6.92. The first-order valence-electron chi connectivity index (χ1n) is 7.99. The van der Waals surface area contributed by atoms with Gasteiger partial charge in [-0.3, -0.25) is 4.79 Å². The highest BCUT2D eigenvalue weighted by molar-refractivity contribution is 6.30. The van der Waals surface area contributed by atoms with E-state index in [1.165, 1.54) is 29.2 Å². The molecule has 0 aromatic heterocycles. The third-order valence-corrected chi connectivity index (χ3v) is 4.24. The van der Waals surface area contributed by atoms with Gasteiger partial charge >= 0.3 is 5.97 Å². The van der Waals surface area contributed by atoms with Gasteiger partial charge in [0.05, 0.1) is 11.1 Å². The largest absolute Gasteiger partial charge is 0.452 e. The highest BCUT2D eigenvalue weighted by Crippen LogP contribution is 2.18. The fourth-order valence-corrected chi connectivity index (χ4v) is 2.42. The molecule has 1 amide bonds. The number of carbonyl (C=O) groups is 2. The molecule has 6 heteroatoms. The van der Waals surface area contributed by atoms with E-state index < -0.39 is 11.8 Å². The summed E-state index contributed by atoms with van der Waals surface area (Å²) in [5.41, 5.74) is 1.54. The molecule has 1 atom stereocenters. The van der Waals surface area contributed by atoms with Crippen LogP contribution in [0, 0.1) is 5.82 Å². The van der Waals surface area contributed by atoms with Gasteiger partial charge in [0.1, 0.15) is 5.82 Å². The van der Waals surface area contributed by atoms with E-state index >= 15 is 0 Å². The molecule has 0 saturated carbocycles. The van der Waals surface area contributed by atoms with E-state index in [2.05, 4.69) is 0 Å². The van der Waals surface area contributed by atoms with Crippen LogP contribution in [0.5, 0.6) is 0 Å². The van der Waals surface area contributed by atoms with Gasteiger partial charge in [-0.05, 0) is 36.3 Å². The van der Waals surface area contributed by atoms with Crippen LogP contribution in [-0.4, -0.2) is 30.4 Å². The Morgan fingerprint density at radius 1 is 1.23 bits per heavy atom. The zero-order valence-corrected chi connectivity index (χ0v) is 15.2. The summed E-state index contributed by atoms with van der Waals surface area (Å²) in [6, 6.07) is 13.5. The van der Waals surface area contributed by atoms with E-state index in [9.17, 15) is 14.0 Å². The van der Waals surface area contributed by atoms with Crippen molar-refractivity contribution in [3.8, 4) is 0 Å². The summed E-state index contributed by atoms with van der Waals surface area (Å²) in [5, 5.41) is -0.0350. The topological polar surface area (TPSA) is 46.6 Å². The third-order valence-electron chi connectivity index (χ3n) is 3.95. The fraction of sp³-hybridized carbons (Fsp3) is 0.200. The number of nitrogens with zero attached hydrogens (tertiary/aromatic N) is 1. The van der Waals surface area contributed by atoms with Crippen molar-refractivity contribution in [2.75, 3.05) is 13.7 Å². The smallest absolute Gasteiger partial charge is 0.331 e. The van der Waals surface area contributed by atoms with Gasteiger partial charge in [-0.25, -0.2) is 9.18 Å². The maximum atomic E-state index is 13.1. The number of amides is 1. The first kappa shape index (κ1) is 19.7. The minimum Gasteiger partial charge on any atom is -0.452 e. The highest BCUT2D eigenvalue weighted by atomic mass is 35.5. The van der Waals surface area contributed by atoms with E-state index in [-0.39, 0.29) is 23.6 Å². The summed E-state index contributed by atoms with van der Waals surface area (Å²) < 4.78 is 18.0. The maximum absolute atomic E-state index is 13.1. The molecule has 0 unspecified atom stereocenters. The molecule has 4 nitrogen and oxygen atoms in total. The first-order valence-corrected chi connectivity index (χ1v) is 8.36. The van der Waals surface area contributed by atoms with Crippen LogP contribution < -0.4 is 0 Å². The summed E-state index contributed by atoms with van der Waals surface area (Å²) in [5.74, 6) is -1.51. The molecule has 26 heavy (non-hydrogen) atoms. The van der Waals surface area contributed by atoms with Crippen molar-refractivity contribution >= 4 is 29.6 Å². The normalized spacial score (nSPS) is 12.0. The van der Waals surface area contributed by atoms with Crippen LogP contribution in [0.15, 0.2) is 54.6 Å². The van der Waals surface area contributed by atoms with Crippen molar-refractivity contribution in [1.29, 1.82) is 0 Å². The number of benzene rings is 2. The lowest BCUT2D eigenvalue weighted by molar-refractivity contribution is -0.148. The van der Waals surface area contributed by atoms with Crippen LogP contribution in [0.4, 0.5) is 4.39 Å². The van der Waals surface area contributed by atoms with E-state index in [1.807, 2.05) is 37.3 Å². The van der Waals surface area contributed by atoms with Gasteiger partial charge in [-0.2, -0.15) is 0 Å². The number of hydrogen-bond donors (Lipinski definition) is 0. The maximum Gasteiger partial charge on any atom is 0.331 e. The molecule has 0 bridgehead atoms. The molecule has 0 saturated heterocycles. The third kappa shape index (κ3) is 5.43. The summed E-state index contributed by atoms with van der Waals surface area (Å²) in [6.07, 6.45) is 2.60. The zero-order valence-electron chi connectivity index (χ0n) is 14.5. The molecule has 2 aromatic carbocycles. The molecule has 2 rings (SSSR count). The first-order chi connectivity index (χ1) is 12.4. The van der Waals surface area contributed by atoms with Crippen molar-refractivity contribution in [1.82, 2.24) is 4.90 Å². The molecule has 0 heterocycles. The van der Waals surface area contributed by atoms with Crippen molar-refractivity contribution in [2.45, 2.75) is 13.0 Å². The molecule has 0 radical (unpaired) electrons. The van der Waals surface area contributed by atoms with Crippen LogP contribution in [-0.2, 0) is 14.3 Å². The van der Waals surface area contributed by atoms with Gasteiger partial charge in [-0.15, -0.1) is 0 Å². The second-order valence-electron chi connectivity index (χ2n) is 5.71. The standard InChI is InChI=1S/C20H19ClFNO3/c1-14(16-6-4-3-5-7-16)23(2)19(24)13-26-20(25)11-9-15-8-10-18(22)17(21)12-15/h3-12,14H,13H2,1-2H3/b11-9+/t14-/m0/s1. The summed E-state index contributed by atoms with van der Waals surface area (Å²) >= 11 is 5.67. The van der Waals surface area contributed by atoms with E-state index in [0.717, 1.165) is 11.6 Å². The van der Waals surface area contributed by atoms with Gasteiger partial charge in [0.2, 0.25) is 0 Å². The SMILES string of the molecule is C[C@@H](c1ccccc1)N(C)C(=O)COC(=O)/C=C/c1ccc(F)c(Cl)c1. The molecular formula is C20H19ClFNO3. The monoisotopic (exact) mass is 375 g/mol. The van der Waals surface area contributed by atoms with Gasteiger partial charge in [-0.1, -0.05) is 48.0 Å². The van der Waals surface area contributed by atoms with Crippen LogP contribution in [0.3, 0.4) is 0 Å². The quantitative estimate of drug-likeness (QED) is 0.560. The number of likely N-dealkylation sites (N-methyl/N-ethyl adjacent to an activating group) is 1. The number of rotatable bonds is 6. The summed E-state index contributed by atoms with van der Waals surface area (Å²) in [7, 11) is 1.66. The van der Waals surface area contributed by atoms with Crippen LogP contribution >= 0.6 is 11.6 Å². The van der Waals surface area contributed by atoms with E-state index in [0.29, 0.717) is 5.56 Å². The fourth-order valence-electron chi connectivity index (χ4n) is 2.23. The van der Waals surface area contributed by atoms with Crippen molar-refractivity contribution in [2.24, 2.45) is 0 Å². The molecule has 0 aliphatic carbocycles. The van der Waals surface area contributed by atoms with Gasteiger partial charge < -0.3 is 9.64 Å². The Balaban J connectivity index is 1.86. The number of carbonyl (C=O) groups excluding carboxylic acids is 2. The summed E-state index contributed by atoms with van der Waals surface area (Å²) in [6.45, 7) is 1.54. The van der Waals surface area contributed by atoms with E-state index in [4.69, 9.17) is 16.3 Å². The molecule has 0 spiro atoms. The van der Waals surface area contributed by atoms with E-state index in [1.54, 1.807) is 7.05 Å². The zero-order chi connectivity index (χ0) is 19.1. The Labute approximate surface area is 156 Å². The Hall–Kier alpha value is -2.66. The lowest BCUT2D eigenvalue weighted by atomic mass is 10.1. The second-order valence-corrected chi connectivity index (χ2v) is 6.11. The van der Waals surface area contributed by atoms with Gasteiger partial charge in [0.25, 0.3) is 5.91 Å². The number of esters is 1. The minimum atomic E-state index is -0.667. The molecule has 0 aliphatic heterocycles. The lowest BCUT2D eigenvalue weighted by Gasteiger charge is -2.25. The molecule has 0 fully saturated rings. The second kappa shape index (κ2) is 9.15. The lowest BCUT2D eigenvalue weighted by Crippen LogP contribution is -2.33. The van der Waals surface area contributed by atoms with Crippen LogP contribution in [0.1, 0.15) is 24.1 Å². The summed E-state index contributed by atoms with van der Waals surface area (Å²) in [4.78, 5) is 25.5. The average molecular weight is 376 g/mol. The van der Waals surface area contributed by atoms with Crippen molar-refractivity contribution < 1.29 is 18.7 Å². The predicted octanol–water partition coefficient (Wildman–Crippen LogP) is 4.26. The van der Waals surface area contributed by atoms with Gasteiger partial charge in [0, 0.05) is 13.1 Å². The van der Waals surface area contributed by atoms with Crippen LogP contribution in [0.25, 0.3) is 6.08 Å². The Morgan fingerprint density at radius 3 is 2.58 bits per heavy atom. The highest BCUT2D eigenvalue weighted by Gasteiger charge is 2.18. The molecule has 136 valence electrons. The predicted molar refractivity (Wildman–Crippen MR) is 99.0 cm³/mol. The minimum absolute atomic E-state index is 0.0350. The van der Waals surface area contributed by atoms with Gasteiger partial charge in [0.15, 0.2) is 6.61 Å². The molecule has 0 N–H and O–H groups in total. The number of halogens is 2. The van der Waals surface area contributed by atoms with Crippen LogP contribution in [0.2, 0.25) is 5.02 Å². The Bertz CT molecular complexity index is 808. The van der Waals surface area contributed by atoms with Crippen molar-refractivity contribution in [3.63, 3.8) is 0 Å². The number of hydrogen-bond acceptors (Lipinski definition) is 3. The molecule has 2 aromatic rings. The molecular weight excluding hydrogens is 357 g/mol. The number of ether oxygens (including phenoxy) is 1. The van der Waals surface area contributed by atoms with Crippen molar-refractivity contribution in [3.05, 3.63) is 76.6 Å². The Morgan fingerprint density at radius 2 is 1.92 bits per heavy atom.